The quantitative estimate of drug-likeness (QED) is 0.884. The molecule has 118 valence electrons. The minimum atomic E-state index is -1.78. The molecule has 0 radical (unpaired) electrons. The van der Waals surface area contributed by atoms with Crippen molar-refractivity contribution in [2.24, 2.45) is 0 Å². The molecule has 0 amide bonds. The number of aliphatic hydroxyl groups is 1. The number of halogens is 1. The van der Waals surface area contributed by atoms with Crippen LogP contribution in [-0.4, -0.2) is 31.4 Å². The summed E-state index contributed by atoms with van der Waals surface area (Å²) in [4.78, 5) is 2.20. The summed E-state index contributed by atoms with van der Waals surface area (Å²) >= 11 is 0. The van der Waals surface area contributed by atoms with E-state index >= 15 is 0 Å². The van der Waals surface area contributed by atoms with E-state index in [0.717, 1.165) is 18.8 Å². The van der Waals surface area contributed by atoms with Crippen molar-refractivity contribution in [1.82, 2.24) is 0 Å². The molecule has 0 spiro atoms. The summed E-state index contributed by atoms with van der Waals surface area (Å²) in [6, 6.07) is 13.3. The molecule has 23 heavy (non-hydrogen) atoms. The molecule has 1 atom stereocenters. The van der Waals surface area contributed by atoms with Gasteiger partial charge in [-0.05, 0) is 18.2 Å². The second-order valence-electron chi connectivity index (χ2n) is 5.48. The maximum Gasteiger partial charge on any atom is 0.179 e. The van der Waals surface area contributed by atoms with E-state index in [1.165, 1.54) is 12.1 Å². The van der Waals surface area contributed by atoms with Crippen molar-refractivity contribution in [3.63, 3.8) is 0 Å². The van der Waals surface area contributed by atoms with Crippen LogP contribution in [0.15, 0.2) is 48.5 Å². The van der Waals surface area contributed by atoms with Gasteiger partial charge >= 0.3 is 0 Å². The average Bonchev–Trinajstić information content (AvgIpc) is 2.62. The number of nitrogens with zero attached hydrogens (tertiary/aromatic N) is 1. The van der Waals surface area contributed by atoms with Crippen molar-refractivity contribution in [3.05, 3.63) is 65.5 Å². The van der Waals surface area contributed by atoms with E-state index < -0.39 is 11.4 Å². The monoisotopic (exact) mass is 311 g/mol. The summed E-state index contributed by atoms with van der Waals surface area (Å²) in [5, 5.41) is 10.8. The van der Waals surface area contributed by atoms with Crippen LogP contribution in [0.3, 0.4) is 0 Å². The molecule has 3 rings (SSSR count). The van der Waals surface area contributed by atoms with Gasteiger partial charge in [0.05, 0.1) is 13.2 Å². The van der Waals surface area contributed by atoms with Crippen molar-refractivity contribution < 1.29 is 14.2 Å². The van der Waals surface area contributed by atoms with Crippen LogP contribution in [0.25, 0.3) is 0 Å². The SMILES string of the molecule is C#CC(O)(c1ccc(N2CCOCC2)cc1)c1ccccc1F. The van der Waals surface area contributed by atoms with Crippen molar-refractivity contribution in [1.29, 1.82) is 0 Å². The first kappa shape index (κ1) is 15.5. The van der Waals surface area contributed by atoms with Gasteiger partial charge in [-0.2, -0.15) is 0 Å². The number of rotatable bonds is 3. The maximum absolute atomic E-state index is 14.0. The van der Waals surface area contributed by atoms with Crippen LogP contribution in [0.4, 0.5) is 10.1 Å². The molecule has 0 aromatic heterocycles. The predicted molar refractivity (Wildman–Crippen MR) is 87.7 cm³/mol. The Morgan fingerprint density at radius 2 is 1.74 bits per heavy atom. The van der Waals surface area contributed by atoms with Crippen molar-refractivity contribution in [2.45, 2.75) is 5.60 Å². The highest BCUT2D eigenvalue weighted by atomic mass is 19.1. The molecule has 2 aromatic rings. The van der Waals surface area contributed by atoms with E-state index in [1.54, 1.807) is 24.3 Å². The Balaban J connectivity index is 1.93. The summed E-state index contributed by atoms with van der Waals surface area (Å²) < 4.78 is 19.4. The van der Waals surface area contributed by atoms with Gasteiger partial charge < -0.3 is 14.7 Å². The molecule has 1 fully saturated rings. The normalized spacial score (nSPS) is 17.3. The number of hydrogen-bond acceptors (Lipinski definition) is 3. The van der Waals surface area contributed by atoms with Gasteiger partial charge in [0, 0.05) is 29.9 Å². The highest BCUT2D eigenvalue weighted by Gasteiger charge is 2.32. The predicted octanol–water partition coefficient (Wildman–Crippen LogP) is 2.53. The van der Waals surface area contributed by atoms with Gasteiger partial charge in [-0.25, -0.2) is 4.39 Å². The van der Waals surface area contributed by atoms with Crippen molar-refractivity contribution >= 4 is 5.69 Å². The number of benzene rings is 2. The lowest BCUT2D eigenvalue weighted by Crippen LogP contribution is -2.36. The third kappa shape index (κ3) is 2.94. The van der Waals surface area contributed by atoms with E-state index in [1.807, 2.05) is 12.1 Å². The van der Waals surface area contributed by atoms with E-state index in [4.69, 9.17) is 11.2 Å². The zero-order chi connectivity index (χ0) is 16.3. The summed E-state index contributed by atoms with van der Waals surface area (Å²) in [6.45, 7) is 3.05. The fraction of sp³-hybridized carbons (Fsp3) is 0.263. The molecule has 3 nitrogen and oxygen atoms in total. The minimum Gasteiger partial charge on any atom is -0.378 e. The van der Waals surface area contributed by atoms with Crippen molar-refractivity contribution in [2.75, 3.05) is 31.2 Å². The van der Waals surface area contributed by atoms with Crippen LogP contribution in [0, 0.1) is 18.2 Å². The van der Waals surface area contributed by atoms with Crippen LogP contribution < -0.4 is 4.90 Å². The number of ether oxygens (including phenoxy) is 1. The minimum absolute atomic E-state index is 0.0848. The molecule has 1 unspecified atom stereocenters. The summed E-state index contributed by atoms with van der Waals surface area (Å²) in [6.07, 6.45) is 5.53. The third-order valence-electron chi connectivity index (χ3n) is 4.13. The first-order valence-corrected chi connectivity index (χ1v) is 7.53. The summed E-state index contributed by atoms with van der Waals surface area (Å²) in [5.74, 6) is 1.81. The molecule has 2 aromatic carbocycles. The number of morpholine rings is 1. The zero-order valence-electron chi connectivity index (χ0n) is 12.7. The number of terminal acetylenes is 1. The van der Waals surface area contributed by atoms with Gasteiger partial charge in [0.1, 0.15) is 5.82 Å². The molecular formula is C19H18FNO2. The highest BCUT2D eigenvalue weighted by molar-refractivity contribution is 5.52. The largest absolute Gasteiger partial charge is 0.378 e. The van der Waals surface area contributed by atoms with Crippen LogP contribution in [0.1, 0.15) is 11.1 Å². The number of anilines is 1. The van der Waals surface area contributed by atoms with E-state index in [2.05, 4.69) is 10.8 Å². The Morgan fingerprint density at radius 1 is 1.09 bits per heavy atom. The lowest BCUT2D eigenvalue weighted by Gasteiger charge is -2.30. The zero-order valence-corrected chi connectivity index (χ0v) is 12.7. The Bertz CT molecular complexity index is 717. The molecule has 1 heterocycles. The molecule has 0 bridgehead atoms. The molecule has 1 saturated heterocycles. The Labute approximate surface area is 135 Å². The van der Waals surface area contributed by atoms with Crippen LogP contribution >= 0.6 is 0 Å². The van der Waals surface area contributed by atoms with Gasteiger partial charge in [-0.1, -0.05) is 36.3 Å². The molecule has 0 aliphatic carbocycles. The lowest BCUT2D eigenvalue weighted by molar-refractivity contribution is 0.122. The smallest absolute Gasteiger partial charge is 0.179 e. The molecule has 0 saturated carbocycles. The standard InChI is InChI=1S/C19H18FNO2/c1-2-19(22,17-5-3-4-6-18(17)20)15-7-9-16(10-8-15)21-11-13-23-14-12-21/h1,3-10,22H,11-14H2. The van der Waals surface area contributed by atoms with Gasteiger partial charge in [0.15, 0.2) is 5.60 Å². The first-order chi connectivity index (χ1) is 11.1. The number of hydrogen-bond donors (Lipinski definition) is 1. The van der Waals surface area contributed by atoms with Crippen LogP contribution in [0.5, 0.6) is 0 Å². The fourth-order valence-electron chi connectivity index (χ4n) is 2.81. The third-order valence-corrected chi connectivity index (χ3v) is 4.13. The molecule has 1 aliphatic rings. The van der Waals surface area contributed by atoms with E-state index in [9.17, 15) is 9.50 Å². The van der Waals surface area contributed by atoms with Gasteiger partial charge in [0.25, 0.3) is 0 Å². The topological polar surface area (TPSA) is 32.7 Å². The average molecular weight is 311 g/mol. The second-order valence-corrected chi connectivity index (χ2v) is 5.48. The lowest BCUT2D eigenvalue weighted by atomic mass is 9.86. The molecule has 1 aliphatic heterocycles. The van der Waals surface area contributed by atoms with E-state index in [0.29, 0.717) is 18.8 Å². The Hall–Kier alpha value is -2.35. The summed E-state index contributed by atoms with van der Waals surface area (Å²) in [7, 11) is 0. The van der Waals surface area contributed by atoms with Gasteiger partial charge in [-0.15, -0.1) is 6.42 Å². The first-order valence-electron chi connectivity index (χ1n) is 7.53. The van der Waals surface area contributed by atoms with E-state index in [-0.39, 0.29) is 5.56 Å². The highest BCUT2D eigenvalue weighted by Crippen LogP contribution is 2.32. The van der Waals surface area contributed by atoms with Gasteiger partial charge in [0.2, 0.25) is 0 Å². The second kappa shape index (κ2) is 6.41. The van der Waals surface area contributed by atoms with Gasteiger partial charge in [-0.3, -0.25) is 0 Å². The Kier molecular flexibility index (Phi) is 4.33. The molecular weight excluding hydrogens is 293 g/mol. The van der Waals surface area contributed by atoms with Crippen molar-refractivity contribution in [3.8, 4) is 12.3 Å². The van der Waals surface area contributed by atoms with Crippen LogP contribution in [0.2, 0.25) is 0 Å². The Morgan fingerprint density at radius 3 is 2.35 bits per heavy atom. The van der Waals surface area contributed by atoms with Crippen LogP contribution in [-0.2, 0) is 10.3 Å². The maximum atomic E-state index is 14.0. The fourth-order valence-corrected chi connectivity index (χ4v) is 2.81. The molecule has 1 N–H and O–H groups in total. The molecule has 4 heteroatoms. The summed E-state index contributed by atoms with van der Waals surface area (Å²) in [5.41, 5.74) is -0.191.